The van der Waals surface area contributed by atoms with E-state index in [2.05, 4.69) is 29.2 Å². The summed E-state index contributed by atoms with van der Waals surface area (Å²) in [5.41, 5.74) is 1.12. The molecule has 2 aliphatic rings. The average molecular weight is 353 g/mol. The molecule has 138 valence electrons. The van der Waals surface area contributed by atoms with E-state index >= 15 is 0 Å². The smallest absolute Gasteiger partial charge is 0.230 e. The third-order valence-corrected chi connectivity index (χ3v) is 5.63. The molecule has 5 nitrogen and oxygen atoms in total. The standard InChI is InChI=1S/C21H27N3O2/c1-2-18(16-8-4-3-5-9-16)21(25)24-12-6-7-15(14-24)13-19-22-20(23-26-19)17-10-11-17/h3-5,8-9,15,17-18H,2,6-7,10-14H2,1H3. The van der Waals surface area contributed by atoms with Gasteiger partial charge >= 0.3 is 0 Å². The zero-order valence-corrected chi connectivity index (χ0v) is 15.4. The lowest BCUT2D eigenvalue weighted by Crippen LogP contribution is -2.42. The van der Waals surface area contributed by atoms with Crippen LogP contribution in [0, 0.1) is 5.92 Å². The molecule has 1 saturated carbocycles. The molecule has 4 rings (SSSR count). The summed E-state index contributed by atoms with van der Waals surface area (Å²) in [6, 6.07) is 10.1. The molecule has 1 saturated heterocycles. The maximum Gasteiger partial charge on any atom is 0.230 e. The van der Waals surface area contributed by atoms with Gasteiger partial charge in [-0.1, -0.05) is 42.4 Å². The Bertz CT molecular complexity index is 739. The summed E-state index contributed by atoms with van der Waals surface area (Å²) in [6.45, 7) is 3.74. The van der Waals surface area contributed by atoms with Gasteiger partial charge in [0.2, 0.25) is 11.8 Å². The first-order valence-electron chi connectivity index (χ1n) is 9.90. The van der Waals surface area contributed by atoms with Crippen LogP contribution in [-0.4, -0.2) is 34.0 Å². The summed E-state index contributed by atoms with van der Waals surface area (Å²) in [5, 5.41) is 4.11. The molecule has 2 fully saturated rings. The van der Waals surface area contributed by atoms with Crippen LogP contribution in [-0.2, 0) is 11.2 Å². The van der Waals surface area contributed by atoms with Crippen LogP contribution in [0.1, 0.15) is 68.1 Å². The average Bonchev–Trinajstić information content (AvgIpc) is 3.43. The van der Waals surface area contributed by atoms with E-state index in [9.17, 15) is 4.79 Å². The minimum Gasteiger partial charge on any atom is -0.342 e. The highest BCUT2D eigenvalue weighted by atomic mass is 16.5. The van der Waals surface area contributed by atoms with Crippen molar-refractivity contribution in [1.82, 2.24) is 15.0 Å². The van der Waals surface area contributed by atoms with Gasteiger partial charge in [-0.2, -0.15) is 4.98 Å². The van der Waals surface area contributed by atoms with E-state index in [1.807, 2.05) is 23.1 Å². The van der Waals surface area contributed by atoms with E-state index in [-0.39, 0.29) is 11.8 Å². The van der Waals surface area contributed by atoms with E-state index in [4.69, 9.17) is 4.52 Å². The first-order chi connectivity index (χ1) is 12.7. The first kappa shape index (κ1) is 17.3. The van der Waals surface area contributed by atoms with Crippen molar-refractivity contribution < 1.29 is 9.32 Å². The fourth-order valence-electron chi connectivity index (χ4n) is 4.00. The fraction of sp³-hybridized carbons (Fsp3) is 0.571. The van der Waals surface area contributed by atoms with Crippen LogP contribution in [0.2, 0.25) is 0 Å². The highest BCUT2D eigenvalue weighted by Gasteiger charge is 2.31. The maximum absolute atomic E-state index is 13.1. The van der Waals surface area contributed by atoms with Crippen molar-refractivity contribution in [2.24, 2.45) is 5.92 Å². The van der Waals surface area contributed by atoms with Crippen molar-refractivity contribution in [3.63, 3.8) is 0 Å². The molecule has 1 aromatic heterocycles. The Morgan fingerprint density at radius 3 is 2.81 bits per heavy atom. The Kier molecular flexibility index (Phi) is 5.05. The number of carbonyl (C=O) groups is 1. The van der Waals surface area contributed by atoms with Gasteiger partial charge in [0, 0.05) is 25.4 Å². The summed E-state index contributed by atoms with van der Waals surface area (Å²) in [6.07, 6.45) is 6.15. The Hall–Kier alpha value is -2.17. The van der Waals surface area contributed by atoms with Gasteiger partial charge in [-0.15, -0.1) is 0 Å². The molecule has 26 heavy (non-hydrogen) atoms. The predicted octanol–water partition coefficient (Wildman–Crippen LogP) is 3.92. The molecular weight excluding hydrogens is 326 g/mol. The lowest BCUT2D eigenvalue weighted by Gasteiger charge is -2.34. The quantitative estimate of drug-likeness (QED) is 0.790. The van der Waals surface area contributed by atoms with E-state index in [1.165, 1.54) is 12.8 Å². The van der Waals surface area contributed by atoms with Crippen LogP contribution in [0.3, 0.4) is 0 Å². The monoisotopic (exact) mass is 353 g/mol. The second-order valence-corrected chi connectivity index (χ2v) is 7.69. The van der Waals surface area contributed by atoms with Gasteiger partial charge in [-0.25, -0.2) is 0 Å². The summed E-state index contributed by atoms with van der Waals surface area (Å²) in [7, 11) is 0. The largest absolute Gasteiger partial charge is 0.342 e. The van der Waals surface area contributed by atoms with Gasteiger partial charge in [-0.3, -0.25) is 4.79 Å². The SMILES string of the molecule is CCC(C(=O)N1CCCC(Cc2nc(C3CC3)no2)C1)c1ccccc1. The number of rotatable bonds is 6. The molecule has 1 amide bonds. The number of likely N-dealkylation sites (tertiary alicyclic amines) is 1. The number of nitrogens with zero attached hydrogens (tertiary/aromatic N) is 3. The highest BCUT2D eigenvalue weighted by molar-refractivity contribution is 5.83. The lowest BCUT2D eigenvalue weighted by atomic mass is 9.91. The molecule has 2 heterocycles. The Morgan fingerprint density at radius 1 is 1.27 bits per heavy atom. The van der Waals surface area contributed by atoms with Crippen LogP contribution in [0.4, 0.5) is 0 Å². The lowest BCUT2D eigenvalue weighted by molar-refractivity contribution is -0.134. The second-order valence-electron chi connectivity index (χ2n) is 7.69. The number of aromatic nitrogens is 2. The Balaban J connectivity index is 1.39. The normalized spacial score (nSPS) is 21.6. The third-order valence-electron chi connectivity index (χ3n) is 5.63. The van der Waals surface area contributed by atoms with Gasteiger partial charge < -0.3 is 9.42 Å². The zero-order valence-electron chi connectivity index (χ0n) is 15.4. The molecule has 2 unspecified atom stereocenters. The van der Waals surface area contributed by atoms with E-state index < -0.39 is 0 Å². The number of hydrogen-bond acceptors (Lipinski definition) is 4. The predicted molar refractivity (Wildman–Crippen MR) is 98.8 cm³/mol. The van der Waals surface area contributed by atoms with Gasteiger partial charge in [0.05, 0.1) is 5.92 Å². The molecular formula is C21H27N3O2. The highest BCUT2D eigenvalue weighted by Crippen LogP contribution is 2.38. The first-order valence-corrected chi connectivity index (χ1v) is 9.90. The van der Waals surface area contributed by atoms with Gasteiger partial charge in [0.1, 0.15) is 0 Å². The maximum atomic E-state index is 13.1. The Labute approximate surface area is 154 Å². The molecule has 1 aliphatic carbocycles. The summed E-state index contributed by atoms with van der Waals surface area (Å²) in [4.78, 5) is 19.7. The van der Waals surface area contributed by atoms with Crippen molar-refractivity contribution >= 4 is 5.91 Å². The number of piperidine rings is 1. The topological polar surface area (TPSA) is 59.2 Å². The minimum absolute atomic E-state index is 0.0418. The van der Waals surface area contributed by atoms with Crippen molar-refractivity contribution in [1.29, 1.82) is 0 Å². The Morgan fingerprint density at radius 2 is 2.08 bits per heavy atom. The van der Waals surface area contributed by atoms with Crippen LogP contribution in [0.5, 0.6) is 0 Å². The van der Waals surface area contributed by atoms with Gasteiger partial charge in [0.25, 0.3) is 0 Å². The fourth-order valence-corrected chi connectivity index (χ4v) is 4.00. The number of amides is 1. The molecule has 0 bridgehead atoms. The molecule has 0 radical (unpaired) electrons. The summed E-state index contributed by atoms with van der Waals surface area (Å²) in [5.74, 6) is 2.76. The van der Waals surface area contributed by atoms with E-state index in [1.54, 1.807) is 0 Å². The minimum atomic E-state index is -0.0418. The summed E-state index contributed by atoms with van der Waals surface area (Å²) < 4.78 is 5.44. The van der Waals surface area contributed by atoms with Gasteiger partial charge in [-0.05, 0) is 43.6 Å². The van der Waals surface area contributed by atoms with Crippen LogP contribution in [0.15, 0.2) is 34.9 Å². The van der Waals surface area contributed by atoms with E-state index in [0.717, 1.165) is 56.1 Å². The third kappa shape index (κ3) is 3.81. The number of benzene rings is 1. The van der Waals surface area contributed by atoms with Crippen molar-refractivity contribution in [3.05, 3.63) is 47.6 Å². The molecule has 0 N–H and O–H groups in total. The molecule has 5 heteroatoms. The molecule has 0 spiro atoms. The number of hydrogen-bond donors (Lipinski definition) is 0. The van der Waals surface area contributed by atoms with Crippen molar-refractivity contribution in [3.8, 4) is 0 Å². The molecule has 1 aromatic carbocycles. The molecule has 2 aromatic rings. The zero-order chi connectivity index (χ0) is 17.9. The van der Waals surface area contributed by atoms with Gasteiger partial charge in [0.15, 0.2) is 5.82 Å². The van der Waals surface area contributed by atoms with Crippen LogP contribution in [0.25, 0.3) is 0 Å². The van der Waals surface area contributed by atoms with Crippen LogP contribution >= 0.6 is 0 Å². The molecule has 1 aliphatic heterocycles. The summed E-state index contributed by atoms with van der Waals surface area (Å²) >= 11 is 0. The van der Waals surface area contributed by atoms with E-state index in [0.29, 0.717) is 11.8 Å². The van der Waals surface area contributed by atoms with Crippen molar-refractivity contribution in [2.75, 3.05) is 13.1 Å². The van der Waals surface area contributed by atoms with Crippen molar-refractivity contribution in [2.45, 2.75) is 57.3 Å². The van der Waals surface area contributed by atoms with Crippen LogP contribution < -0.4 is 0 Å². The number of carbonyl (C=O) groups excluding carboxylic acids is 1. The second kappa shape index (κ2) is 7.60. The molecule has 2 atom stereocenters.